The Kier molecular flexibility index (Phi) is 8.37. The number of carbonyl (C=O) groups is 1. The lowest BCUT2D eigenvalue weighted by Crippen LogP contribution is -2.30. The molecule has 0 spiro atoms. The predicted octanol–water partition coefficient (Wildman–Crippen LogP) is 6.26. The van der Waals surface area contributed by atoms with Gasteiger partial charge in [0.1, 0.15) is 18.0 Å². The minimum Gasteiger partial charge on any atom is -0.340 e. The van der Waals surface area contributed by atoms with Crippen LogP contribution < -0.4 is 10.6 Å². The van der Waals surface area contributed by atoms with Gasteiger partial charge in [0, 0.05) is 22.5 Å². The molecular weight excluding hydrogens is 473 g/mol. The number of benzene rings is 2. The first kappa shape index (κ1) is 24.4. The van der Waals surface area contributed by atoms with Gasteiger partial charge in [-0.05, 0) is 75.0 Å². The number of carbonyl (C=O) groups excluding carboxylic acids is 1. The molecule has 0 bridgehead atoms. The lowest BCUT2D eigenvalue weighted by molar-refractivity contribution is -0.111. The molecule has 2 aromatic carbocycles. The molecule has 1 saturated heterocycles. The van der Waals surface area contributed by atoms with Crippen LogP contribution in [0.1, 0.15) is 25.7 Å². The van der Waals surface area contributed by atoms with E-state index in [1.54, 1.807) is 12.1 Å². The zero-order chi connectivity index (χ0) is 23.9. The molecule has 0 saturated carbocycles. The van der Waals surface area contributed by atoms with E-state index in [2.05, 4.69) is 25.5 Å². The highest BCUT2D eigenvalue weighted by molar-refractivity contribution is 7.98. The number of fused-ring (bicyclic) bond motifs is 1. The number of nitrogens with one attached hydrogen (secondary N) is 2. The second kappa shape index (κ2) is 11.6. The fourth-order valence-electron chi connectivity index (χ4n) is 3.97. The minimum absolute atomic E-state index is 0.0213. The maximum atomic E-state index is 13.5. The Labute approximate surface area is 208 Å². The molecule has 1 aliphatic heterocycles. The topological polar surface area (TPSA) is 70.1 Å². The van der Waals surface area contributed by atoms with Crippen LogP contribution >= 0.6 is 23.4 Å². The maximum Gasteiger partial charge on any atom is 0.248 e. The molecule has 178 valence electrons. The highest BCUT2D eigenvalue weighted by Gasteiger charge is 2.12. The summed E-state index contributed by atoms with van der Waals surface area (Å²) in [6, 6.07) is 8.15. The molecule has 3 aromatic rings. The number of hydrogen-bond donors (Lipinski definition) is 2. The number of amides is 1. The average Bonchev–Trinajstić information content (AvgIpc) is 2.85. The summed E-state index contributed by atoms with van der Waals surface area (Å²) in [7, 11) is 0. The summed E-state index contributed by atoms with van der Waals surface area (Å²) in [5.74, 6) is -0.128. The molecule has 6 nitrogen and oxygen atoms in total. The summed E-state index contributed by atoms with van der Waals surface area (Å²) >= 11 is 7.44. The number of rotatable bonds is 8. The molecule has 2 N–H and O–H groups in total. The van der Waals surface area contributed by atoms with Crippen molar-refractivity contribution in [2.75, 3.05) is 36.5 Å². The van der Waals surface area contributed by atoms with E-state index in [4.69, 9.17) is 11.6 Å². The Morgan fingerprint density at radius 1 is 1.21 bits per heavy atom. The molecule has 0 unspecified atom stereocenters. The van der Waals surface area contributed by atoms with Crippen molar-refractivity contribution in [1.29, 1.82) is 0 Å². The average molecular weight is 500 g/mol. The van der Waals surface area contributed by atoms with Crippen LogP contribution in [0.3, 0.4) is 0 Å². The zero-order valence-corrected chi connectivity index (χ0v) is 20.6. The summed E-state index contributed by atoms with van der Waals surface area (Å²) in [5.41, 5.74) is 2.01. The molecule has 4 rings (SSSR count). The van der Waals surface area contributed by atoms with Gasteiger partial charge in [-0.3, -0.25) is 4.79 Å². The number of thioether (sulfide) groups is 1. The van der Waals surface area contributed by atoms with E-state index in [1.165, 1.54) is 49.5 Å². The molecule has 0 atom stereocenters. The van der Waals surface area contributed by atoms with Crippen molar-refractivity contribution in [3.05, 3.63) is 59.7 Å². The van der Waals surface area contributed by atoms with Crippen molar-refractivity contribution in [3.63, 3.8) is 0 Å². The van der Waals surface area contributed by atoms with Gasteiger partial charge in [-0.25, -0.2) is 14.4 Å². The first-order valence-corrected chi connectivity index (χ1v) is 12.9. The first-order chi connectivity index (χ1) is 16.5. The zero-order valence-electron chi connectivity index (χ0n) is 19.0. The number of hydrogen-bond acceptors (Lipinski definition) is 6. The van der Waals surface area contributed by atoms with Crippen molar-refractivity contribution in [2.24, 2.45) is 0 Å². The normalized spacial score (nSPS) is 14.6. The Balaban J connectivity index is 1.49. The number of likely N-dealkylation sites (tertiary alicyclic amines) is 1. The lowest BCUT2D eigenvalue weighted by atomic mass is 10.1. The molecule has 1 aromatic heterocycles. The van der Waals surface area contributed by atoms with Gasteiger partial charge < -0.3 is 15.5 Å². The fourth-order valence-corrected chi connectivity index (χ4v) is 4.71. The number of anilines is 3. The molecule has 2 heterocycles. The Morgan fingerprint density at radius 2 is 2.03 bits per heavy atom. The van der Waals surface area contributed by atoms with Gasteiger partial charge in [-0.15, -0.1) is 11.8 Å². The van der Waals surface area contributed by atoms with Crippen LogP contribution in [-0.4, -0.2) is 46.7 Å². The van der Waals surface area contributed by atoms with Crippen LogP contribution in [-0.2, 0) is 4.79 Å². The molecule has 0 radical (unpaired) electrons. The third-order valence-electron chi connectivity index (χ3n) is 5.73. The monoisotopic (exact) mass is 499 g/mol. The number of halogens is 2. The highest BCUT2D eigenvalue weighted by Crippen LogP contribution is 2.33. The van der Waals surface area contributed by atoms with E-state index in [0.29, 0.717) is 17.2 Å². The third-order valence-corrected chi connectivity index (χ3v) is 6.79. The molecule has 1 aliphatic rings. The summed E-state index contributed by atoms with van der Waals surface area (Å²) in [4.78, 5) is 24.6. The standard InChI is InChI=1S/C25H27ClFN5OS/c1-34-23-15-21-18(25(29-16-28-21)30-17-8-9-20(27)19(26)13-17)14-22(23)31-24(33)7-3-6-12-32-10-4-2-5-11-32/h3,7-9,13-16H,2,4-6,10-12H2,1H3,(H,31,33)(H,28,29,30). The van der Waals surface area contributed by atoms with Crippen LogP contribution in [0.15, 0.2) is 53.7 Å². The van der Waals surface area contributed by atoms with Crippen molar-refractivity contribution >= 4 is 57.4 Å². The van der Waals surface area contributed by atoms with E-state index in [9.17, 15) is 9.18 Å². The maximum absolute atomic E-state index is 13.5. The number of aromatic nitrogens is 2. The molecule has 1 amide bonds. The van der Waals surface area contributed by atoms with Crippen molar-refractivity contribution < 1.29 is 9.18 Å². The van der Waals surface area contributed by atoms with Crippen LogP contribution in [0.5, 0.6) is 0 Å². The van der Waals surface area contributed by atoms with E-state index >= 15 is 0 Å². The second-order valence-corrected chi connectivity index (χ2v) is 9.38. The summed E-state index contributed by atoms with van der Waals surface area (Å²) in [6.45, 7) is 3.28. The van der Waals surface area contributed by atoms with Gasteiger partial charge in [0.15, 0.2) is 0 Å². The molecule has 1 fully saturated rings. The van der Waals surface area contributed by atoms with Gasteiger partial charge in [0.25, 0.3) is 0 Å². The second-order valence-electron chi connectivity index (χ2n) is 8.13. The lowest BCUT2D eigenvalue weighted by Gasteiger charge is -2.25. The molecule has 34 heavy (non-hydrogen) atoms. The van der Waals surface area contributed by atoms with E-state index in [0.717, 1.165) is 41.9 Å². The van der Waals surface area contributed by atoms with E-state index in [-0.39, 0.29) is 10.9 Å². The van der Waals surface area contributed by atoms with Crippen molar-refractivity contribution in [1.82, 2.24) is 14.9 Å². The van der Waals surface area contributed by atoms with Crippen LogP contribution in [0.25, 0.3) is 10.9 Å². The highest BCUT2D eigenvalue weighted by atomic mass is 35.5. The number of piperidine rings is 1. The van der Waals surface area contributed by atoms with Gasteiger partial charge >= 0.3 is 0 Å². The molecule has 9 heteroatoms. The first-order valence-electron chi connectivity index (χ1n) is 11.3. The van der Waals surface area contributed by atoms with Gasteiger partial charge in [-0.1, -0.05) is 24.1 Å². The smallest absolute Gasteiger partial charge is 0.248 e. The van der Waals surface area contributed by atoms with Crippen LogP contribution in [0.4, 0.5) is 21.6 Å². The molecule has 0 aliphatic carbocycles. The summed E-state index contributed by atoms with van der Waals surface area (Å²) < 4.78 is 13.5. The van der Waals surface area contributed by atoms with Crippen molar-refractivity contribution in [2.45, 2.75) is 30.6 Å². The van der Waals surface area contributed by atoms with Gasteiger partial charge in [-0.2, -0.15) is 0 Å². The SMILES string of the molecule is CSc1cc2ncnc(Nc3ccc(F)c(Cl)c3)c2cc1NC(=O)C=CCCN1CCCCC1. The number of nitrogens with zero attached hydrogens (tertiary/aromatic N) is 3. The molecular formula is C25H27ClFN5OS. The Hall–Kier alpha value is -2.68. The van der Waals surface area contributed by atoms with Crippen molar-refractivity contribution in [3.8, 4) is 0 Å². The van der Waals surface area contributed by atoms with Crippen LogP contribution in [0, 0.1) is 5.82 Å². The van der Waals surface area contributed by atoms with Gasteiger partial charge in [0.05, 0.1) is 16.2 Å². The largest absolute Gasteiger partial charge is 0.340 e. The third kappa shape index (κ3) is 6.25. The minimum atomic E-state index is -0.488. The van der Waals surface area contributed by atoms with E-state index in [1.807, 2.05) is 24.5 Å². The van der Waals surface area contributed by atoms with Gasteiger partial charge in [0.2, 0.25) is 5.91 Å². The Bertz CT molecular complexity index is 1200. The Morgan fingerprint density at radius 3 is 2.79 bits per heavy atom. The van der Waals surface area contributed by atoms with E-state index < -0.39 is 5.82 Å². The van der Waals surface area contributed by atoms with Crippen LogP contribution in [0.2, 0.25) is 5.02 Å². The predicted molar refractivity (Wildman–Crippen MR) is 139 cm³/mol. The fraction of sp³-hybridized carbons (Fsp3) is 0.320. The quantitative estimate of drug-likeness (QED) is 0.281. The summed E-state index contributed by atoms with van der Waals surface area (Å²) in [5, 5.41) is 6.90. The summed E-state index contributed by atoms with van der Waals surface area (Å²) in [6.07, 6.45) is 11.6.